The van der Waals surface area contributed by atoms with Crippen LogP contribution in [0, 0.1) is 5.92 Å². The van der Waals surface area contributed by atoms with Crippen molar-refractivity contribution in [3.8, 4) is 0 Å². The fraction of sp³-hybridized carbons (Fsp3) is 1.00. The number of ether oxygens (including phenoxy) is 1. The van der Waals surface area contributed by atoms with Gasteiger partial charge in [0.15, 0.2) is 0 Å². The van der Waals surface area contributed by atoms with Gasteiger partial charge in [-0.2, -0.15) is 0 Å². The molecular formula is C18H37NO2. The first kappa shape index (κ1) is 18.9. The summed E-state index contributed by atoms with van der Waals surface area (Å²) in [5, 5.41) is 13.3. The fourth-order valence-electron chi connectivity index (χ4n) is 3.53. The Labute approximate surface area is 131 Å². The molecule has 0 radical (unpaired) electrons. The Morgan fingerprint density at radius 2 is 1.95 bits per heavy atom. The van der Waals surface area contributed by atoms with Crippen LogP contribution in [0.5, 0.6) is 0 Å². The zero-order chi connectivity index (χ0) is 15.6. The highest BCUT2D eigenvalue weighted by Gasteiger charge is 2.27. The van der Waals surface area contributed by atoms with Crippen LogP contribution >= 0.6 is 0 Å². The van der Waals surface area contributed by atoms with E-state index in [2.05, 4.69) is 26.1 Å². The first-order chi connectivity index (χ1) is 10.2. The topological polar surface area (TPSA) is 41.5 Å². The first-order valence-corrected chi connectivity index (χ1v) is 9.18. The van der Waals surface area contributed by atoms with Gasteiger partial charge in [-0.15, -0.1) is 0 Å². The van der Waals surface area contributed by atoms with Crippen molar-refractivity contribution in [2.45, 2.75) is 90.2 Å². The predicted molar refractivity (Wildman–Crippen MR) is 89.6 cm³/mol. The molecule has 3 nitrogen and oxygen atoms in total. The highest BCUT2D eigenvalue weighted by Crippen LogP contribution is 2.29. The third-order valence-electron chi connectivity index (χ3n) is 5.22. The van der Waals surface area contributed by atoms with Gasteiger partial charge in [0.25, 0.3) is 0 Å². The summed E-state index contributed by atoms with van der Waals surface area (Å²) in [5.41, 5.74) is -0.101. The number of rotatable bonds is 11. The van der Waals surface area contributed by atoms with E-state index in [1.807, 2.05) is 0 Å². The monoisotopic (exact) mass is 299 g/mol. The molecule has 0 aromatic heterocycles. The normalized spacial score (nSPS) is 25.7. The first-order valence-electron chi connectivity index (χ1n) is 9.18. The molecule has 1 saturated carbocycles. The number of nitrogens with one attached hydrogen (secondary N) is 1. The van der Waals surface area contributed by atoms with Crippen LogP contribution < -0.4 is 5.32 Å². The van der Waals surface area contributed by atoms with Crippen LogP contribution in [-0.2, 0) is 4.74 Å². The second kappa shape index (κ2) is 10.6. The summed E-state index contributed by atoms with van der Waals surface area (Å²) in [6.07, 6.45) is 11.2. The van der Waals surface area contributed by atoms with Gasteiger partial charge in [0, 0.05) is 12.1 Å². The Morgan fingerprint density at radius 3 is 2.57 bits per heavy atom. The Bertz CT molecular complexity index is 254. The molecule has 2 N–H and O–H groups in total. The SMILES string of the molecule is CCCNC(CC)(CO)CCCOC1CCCCC1CC. The van der Waals surface area contributed by atoms with Gasteiger partial charge in [0.1, 0.15) is 0 Å². The molecule has 0 amide bonds. The van der Waals surface area contributed by atoms with Gasteiger partial charge in [-0.05, 0) is 51.0 Å². The van der Waals surface area contributed by atoms with Crippen molar-refractivity contribution >= 4 is 0 Å². The van der Waals surface area contributed by atoms with Crippen LogP contribution in [-0.4, -0.2) is 36.5 Å². The summed E-state index contributed by atoms with van der Waals surface area (Å²) in [6, 6.07) is 0. The van der Waals surface area contributed by atoms with Crippen molar-refractivity contribution in [2.75, 3.05) is 19.8 Å². The number of hydrogen-bond donors (Lipinski definition) is 2. The van der Waals surface area contributed by atoms with E-state index in [4.69, 9.17) is 4.74 Å². The van der Waals surface area contributed by atoms with Crippen molar-refractivity contribution in [1.29, 1.82) is 0 Å². The fourth-order valence-corrected chi connectivity index (χ4v) is 3.53. The van der Waals surface area contributed by atoms with Crippen molar-refractivity contribution in [3.05, 3.63) is 0 Å². The van der Waals surface area contributed by atoms with E-state index in [-0.39, 0.29) is 12.1 Å². The maximum absolute atomic E-state index is 9.73. The molecular weight excluding hydrogens is 262 g/mol. The number of aliphatic hydroxyl groups is 1. The zero-order valence-corrected chi connectivity index (χ0v) is 14.5. The molecule has 0 aromatic rings. The maximum Gasteiger partial charge on any atom is 0.0613 e. The van der Waals surface area contributed by atoms with Crippen molar-refractivity contribution in [3.63, 3.8) is 0 Å². The van der Waals surface area contributed by atoms with Gasteiger partial charge >= 0.3 is 0 Å². The average molecular weight is 299 g/mol. The van der Waals surface area contributed by atoms with Gasteiger partial charge in [0.05, 0.1) is 12.7 Å². The minimum Gasteiger partial charge on any atom is -0.394 e. The van der Waals surface area contributed by atoms with Gasteiger partial charge in [-0.25, -0.2) is 0 Å². The van der Waals surface area contributed by atoms with E-state index < -0.39 is 0 Å². The molecule has 1 rings (SSSR count). The summed E-state index contributed by atoms with van der Waals surface area (Å²) >= 11 is 0. The summed E-state index contributed by atoms with van der Waals surface area (Å²) in [4.78, 5) is 0. The lowest BCUT2D eigenvalue weighted by Crippen LogP contribution is -2.48. The van der Waals surface area contributed by atoms with E-state index >= 15 is 0 Å². The van der Waals surface area contributed by atoms with Crippen molar-refractivity contribution in [1.82, 2.24) is 5.32 Å². The van der Waals surface area contributed by atoms with Gasteiger partial charge in [0.2, 0.25) is 0 Å². The third kappa shape index (κ3) is 6.25. The lowest BCUT2D eigenvalue weighted by atomic mass is 9.84. The summed E-state index contributed by atoms with van der Waals surface area (Å²) in [6.45, 7) is 8.67. The number of aliphatic hydroxyl groups excluding tert-OH is 1. The Morgan fingerprint density at radius 1 is 1.19 bits per heavy atom. The summed E-state index contributed by atoms with van der Waals surface area (Å²) in [7, 11) is 0. The average Bonchev–Trinajstić information content (AvgIpc) is 2.55. The summed E-state index contributed by atoms with van der Waals surface area (Å²) < 4.78 is 6.17. The molecule has 1 aliphatic carbocycles. The lowest BCUT2D eigenvalue weighted by Gasteiger charge is -2.33. The molecule has 0 aliphatic heterocycles. The minimum atomic E-state index is -0.101. The van der Waals surface area contributed by atoms with Crippen LogP contribution in [0.1, 0.15) is 78.6 Å². The molecule has 3 unspecified atom stereocenters. The van der Waals surface area contributed by atoms with E-state index in [1.165, 1.54) is 32.1 Å². The molecule has 0 spiro atoms. The second-order valence-corrected chi connectivity index (χ2v) is 6.68. The molecule has 3 heteroatoms. The molecule has 126 valence electrons. The minimum absolute atomic E-state index is 0.101. The molecule has 0 bridgehead atoms. The lowest BCUT2D eigenvalue weighted by molar-refractivity contribution is -0.0166. The molecule has 0 heterocycles. The molecule has 21 heavy (non-hydrogen) atoms. The summed E-state index contributed by atoms with van der Waals surface area (Å²) in [5.74, 6) is 0.769. The van der Waals surface area contributed by atoms with Gasteiger partial charge in [-0.3, -0.25) is 0 Å². The molecule has 0 saturated heterocycles. The van der Waals surface area contributed by atoms with Crippen LogP contribution in [0.25, 0.3) is 0 Å². The van der Waals surface area contributed by atoms with Gasteiger partial charge < -0.3 is 15.2 Å². The largest absolute Gasteiger partial charge is 0.394 e. The van der Waals surface area contributed by atoms with Crippen LogP contribution in [0.3, 0.4) is 0 Å². The highest BCUT2D eigenvalue weighted by molar-refractivity contribution is 4.86. The Hall–Kier alpha value is -0.120. The van der Waals surface area contributed by atoms with Crippen molar-refractivity contribution in [2.24, 2.45) is 5.92 Å². The van der Waals surface area contributed by atoms with E-state index in [9.17, 15) is 5.11 Å². The van der Waals surface area contributed by atoms with Crippen LogP contribution in [0.15, 0.2) is 0 Å². The molecule has 0 aromatic carbocycles. The van der Waals surface area contributed by atoms with E-state index in [0.29, 0.717) is 6.10 Å². The van der Waals surface area contributed by atoms with Crippen molar-refractivity contribution < 1.29 is 9.84 Å². The van der Waals surface area contributed by atoms with Crippen LogP contribution in [0.2, 0.25) is 0 Å². The quantitative estimate of drug-likeness (QED) is 0.569. The highest BCUT2D eigenvalue weighted by atomic mass is 16.5. The van der Waals surface area contributed by atoms with Crippen LogP contribution in [0.4, 0.5) is 0 Å². The smallest absolute Gasteiger partial charge is 0.0613 e. The Kier molecular flexibility index (Phi) is 9.54. The van der Waals surface area contributed by atoms with Gasteiger partial charge in [-0.1, -0.05) is 40.0 Å². The number of hydrogen-bond acceptors (Lipinski definition) is 3. The second-order valence-electron chi connectivity index (χ2n) is 6.68. The Balaban J connectivity index is 2.29. The third-order valence-corrected chi connectivity index (χ3v) is 5.22. The van der Waals surface area contributed by atoms with E-state index in [1.54, 1.807) is 0 Å². The zero-order valence-electron chi connectivity index (χ0n) is 14.5. The molecule has 3 atom stereocenters. The standard InChI is InChI=1S/C18H37NO2/c1-4-13-19-18(6-3,15-20)12-9-14-21-17-11-8-7-10-16(17)5-2/h16-17,19-20H,4-15H2,1-3H3. The molecule has 1 fully saturated rings. The molecule has 1 aliphatic rings. The predicted octanol–water partition coefficient (Wildman–Crippen LogP) is 3.89. The maximum atomic E-state index is 9.73. The van der Waals surface area contributed by atoms with E-state index in [0.717, 1.165) is 44.8 Å².